The molecule has 0 radical (unpaired) electrons. The van der Waals surface area contributed by atoms with Crippen LogP contribution in [0.2, 0.25) is 0 Å². The Morgan fingerprint density at radius 3 is 2.69 bits per heavy atom. The topological polar surface area (TPSA) is 59.3 Å². The number of rotatable bonds is 2. The fourth-order valence-electron chi connectivity index (χ4n) is 1.91. The van der Waals surface area contributed by atoms with E-state index in [1.807, 2.05) is 17.7 Å². The summed E-state index contributed by atoms with van der Waals surface area (Å²) in [6.07, 6.45) is 2.93. The van der Waals surface area contributed by atoms with E-state index in [-0.39, 0.29) is 11.5 Å². The van der Waals surface area contributed by atoms with Crippen LogP contribution in [0.5, 0.6) is 5.75 Å². The average Bonchev–Trinajstić information content (AvgIpc) is 2.42. The lowest BCUT2D eigenvalue weighted by molar-refractivity contribution is 0.481. The molecule has 1 aromatic carbocycles. The van der Waals surface area contributed by atoms with Crippen molar-refractivity contribution >= 4 is 20.7 Å². The second-order valence-corrected chi connectivity index (χ2v) is 6.15. The van der Waals surface area contributed by atoms with Crippen molar-refractivity contribution in [2.45, 2.75) is 5.75 Å². The number of phenols is 1. The molecule has 0 bridgehead atoms. The number of hydrogen-bond donors (Lipinski definition) is 1. The van der Waals surface area contributed by atoms with Crippen molar-refractivity contribution in [2.75, 3.05) is 6.26 Å². The number of phenolic OH excluding ortho intramolecular Hbond substituents is 1. The highest BCUT2D eigenvalue weighted by Gasteiger charge is 2.14. The van der Waals surface area contributed by atoms with Gasteiger partial charge in [-0.1, -0.05) is 6.07 Å². The van der Waals surface area contributed by atoms with Crippen LogP contribution in [-0.2, 0) is 22.6 Å². The van der Waals surface area contributed by atoms with E-state index in [9.17, 15) is 13.5 Å². The Morgan fingerprint density at radius 2 is 2.06 bits per heavy atom. The largest absolute Gasteiger partial charge is 0.507 e. The van der Waals surface area contributed by atoms with Gasteiger partial charge in [0, 0.05) is 24.9 Å². The molecule has 1 N–H and O–H groups in total. The molecule has 1 aromatic heterocycles. The summed E-state index contributed by atoms with van der Waals surface area (Å²) in [5, 5.41) is 10.4. The molecule has 0 amide bonds. The normalized spacial score (nSPS) is 12.1. The zero-order valence-corrected chi connectivity index (χ0v) is 9.95. The standard InChI is InChI=1S/C11H13NO3S/c1-12-6-8(7-16(2,14)15)11-9(12)4-3-5-10(11)13/h3-6,13H,7H2,1-2H3. The van der Waals surface area contributed by atoms with Gasteiger partial charge in [0.05, 0.1) is 11.3 Å². The van der Waals surface area contributed by atoms with Gasteiger partial charge in [0.1, 0.15) is 5.75 Å². The number of hydrogen-bond acceptors (Lipinski definition) is 3. The first-order valence-corrected chi connectivity index (χ1v) is 6.88. The second-order valence-electron chi connectivity index (χ2n) is 4.01. The zero-order chi connectivity index (χ0) is 11.9. The fourth-order valence-corrected chi connectivity index (χ4v) is 2.69. The van der Waals surface area contributed by atoms with Crippen LogP contribution >= 0.6 is 0 Å². The number of nitrogens with zero attached hydrogens (tertiary/aromatic N) is 1. The van der Waals surface area contributed by atoms with E-state index in [1.54, 1.807) is 18.3 Å². The number of benzene rings is 1. The summed E-state index contributed by atoms with van der Waals surface area (Å²) in [7, 11) is -1.27. The summed E-state index contributed by atoms with van der Waals surface area (Å²) in [6.45, 7) is 0. The summed E-state index contributed by atoms with van der Waals surface area (Å²) in [5.74, 6) is 0.0683. The van der Waals surface area contributed by atoms with Crippen molar-refractivity contribution in [1.82, 2.24) is 4.57 Å². The van der Waals surface area contributed by atoms with Gasteiger partial charge in [0.15, 0.2) is 9.84 Å². The molecule has 1 heterocycles. The van der Waals surface area contributed by atoms with Gasteiger partial charge < -0.3 is 9.67 Å². The fraction of sp³-hybridized carbons (Fsp3) is 0.273. The van der Waals surface area contributed by atoms with Crippen molar-refractivity contribution in [1.29, 1.82) is 0 Å². The van der Waals surface area contributed by atoms with Gasteiger partial charge in [-0.2, -0.15) is 0 Å². The lowest BCUT2D eigenvalue weighted by Gasteiger charge is -1.99. The first kappa shape index (κ1) is 11.0. The third-order valence-corrected chi connectivity index (χ3v) is 3.32. The van der Waals surface area contributed by atoms with Crippen LogP contribution in [0.3, 0.4) is 0 Å². The highest BCUT2D eigenvalue weighted by Crippen LogP contribution is 2.30. The molecule has 0 saturated carbocycles. The summed E-state index contributed by atoms with van der Waals surface area (Å²) in [5.41, 5.74) is 1.47. The lowest BCUT2D eigenvalue weighted by atomic mass is 10.2. The first-order chi connectivity index (χ1) is 7.38. The molecule has 0 fully saturated rings. The minimum Gasteiger partial charge on any atom is -0.507 e. The molecule has 0 unspecified atom stereocenters. The Morgan fingerprint density at radius 1 is 1.38 bits per heavy atom. The molecule has 16 heavy (non-hydrogen) atoms. The number of sulfone groups is 1. The summed E-state index contributed by atoms with van der Waals surface area (Å²) in [6, 6.07) is 5.15. The smallest absolute Gasteiger partial charge is 0.151 e. The molecule has 0 spiro atoms. The summed E-state index contributed by atoms with van der Waals surface area (Å²) < 4.78 is 24.4. The van der Waals surface area contributed by atoms with Gasteiger partial charge in [-0.25, -0.2) is 8.42 Å². The zero-order valence-electron chi connectivity index (χ0n) is 9.14. The van der Waals surface area contributed by atoms with Crippen molar-refractivity contribution in [3.63, 3.8) is 0 Å². The van der Waals surface area contributed by atoms with Crippen molar-refractivity contribution in [3.8, 4) is 5.75 Å². The Hall–Kier alpha value is -1.49. The molecule has 2 rings (SSSR count). The molecule has 0 atom stereocenters. The van der Waals surface area contributed by atoms with Crippen molar-refractivity contribution in [2.24, 2.45) is 7.05 Å². The molecule has 0 saturated heterocycles. The number of fused-ring (bicyclic) bond motifs is 1. The predicted molar refractivity (Wildman–Crippen MR) is 63.1 cm³/mol. The van der Waals surface area contributed by atoms with Crippen LogP contribution in [0.25, 0.3) is 10.9 Å². The summed E-state index contributed by atoms with van der Waals surface area (Å²) in [4.78, 5) is 0. The Kier molecular flexibility index (Phi) is 2.42. The van der Waals surface area contributed by atoms with Gasteiger partial charge in [-0.3, -0.25) is 0 Å². The third-order valence-electron chi connectivity index (χ3n) is 2.49. The molecular formula is C11H13NO3S. The molecular weight excluding hydrogens is 226 g/mol. The number of aromatic hydroxyl groups is 1. The molecule has 5 heteroatoms. The minimum atomic E-state index is -3.10. The van der Waals surface area contributed by atoms with Gasteiger partial charge >= 0.3 is 0 Å². The van der Waals surface area contributed by atoms with E-state index < -0.39 is 9.84 Å². The van der Waals surface area contributed by atoms with E-state index in [1.165, 1.54) is 6.26 Å². The molecule has 2 aromatic rings. The van der Waals surface area contributed by atoms with Gasteiger partial charge in [0.2, 0.25) is 0 Å². The predicted octanol–water partition coefficient (Wildman–Crippen LogP) is 1.43. The Bertz CT molecular complexity index is 641. The van der Waals surface area contributed by atoms with Crippen LogP contribution in [0, 0.1) is 0 Å². The molecule has 0 aliphatic heterocycles. The molecule has 0 aliphatic carbocycles. The van der Waals surface area contributed by atoms with E-state index in [2.05, 4.69) is 0 Å². The van der Waals surface area contributed by atoms with E-state index in [0.29, 0.717) is 10.9 Å². The third kappa shape index (κ3) is 1.90. The highest BCUT2D eigenvalue weighted by atomic mass is 32.2. The van der Waals surface area contributed by atoms with E-state index in [4.69, 9.17) is 0 Å². The van der Waals surface area contributed by atoms with E-state index in [0.717, 1.165) is 5.52 Å². The lowest BCUT2D eigenvalue weighted by Crippen LogP contribution is -1.99. The SMILES string of the molecule is Cn1cc(CS(C)(=O)=O)c2c(O)cccc21. The van der Waals surface area contributed by atoms with Gasteiger partial charge in [-0.05, 0) is 17.7 Å². The monoisotopic (exact) mass is 239 g/mol. The van der Waals surface area contributed by atoms with E-state index >= 15 is 0 Å². The van der Waals surface area contributed by atoms with Crippen LogP contribution in [0.1, 0.15) is 5.56 Å². The summed E-state index contributed by atoms with van der Waals surface area (Å²) >= 11 is 0. The van der Waals surface area contributed by atoms with Crippen LogP contribution in [-0.4, -0.2) is 24.3 Å². The van der Waals surface area contributed by atoms with Crippen LogP contribution < -0.4 is 0 Å². The minimum absolute atomic E-state index is 0.0537. The molecule has 4 nitrogen and oxygen atoms in total. The number of aromatic nitrogens is 1. The molecule has 86 valence electrons. The van der Waals surface area contributed by atoms with Crippen molar-refractivity contribution in [3.05, 3.63) is 30.0 Å². The highest BCUT2D eigenvalue weighted by molar-refractivity contribution is 7.89. The maximum absolute atomic E-state index is 11.3. The molecule has 0 aliphatic rings. The van der Waals surface area contributed by atoms with Crippen LogP contribution in [0.4, 0.5) is 0 Å². The first-order valence-electron chi connectivity index (χ1n) is 4.82. The van der Waals surface area contributed by atoms with Crippen molar-refractivity contribution < 1.29 is 13.5 Å². The maximum atomic E-state index is 11.3. The second kappa shape index (κ2) is 3.52. The Balaban J connectivity index is 2.71. The Labute approximate surface area is 94.0 Å². The maximum Gasteiger partial charge on any atom is 0.151 e. The van der Waals surface area contributed by atoms with Gasteiger partial charge in [-0.15, -0.1) is 0 Å². The quantitative estimate of drug-likeness (QED) is 0.862. The average molecular weight is 239 g/mol. The number of aryl methyl sites for hydroxylation is 1. The van der Waals surface area contributed by atoms with Gasteiger partial charge in [0.25, 0.3) is 0 Å². The van der Waals surface area contributed by atoms with Crippen LogP contribution in [0.15, 0.2) is 24.4 Å².